The Kier molecular flexibility index (Phi) is 1.83. The normalized spacial score (nSPS) is 18.3. The summed E-state index contributed by atoms with van der Waals surface area (Å²) in [7, 11) is 0. The van der Waals surface area contributed by atoms with E-state index < -0.39 is 0 Å². The maximum Gasteiger partial charge on any atom is 0.116 e. The van der Waals surface area contributed by atoms with Gasteiger partial charge in [-0.3, -0.25) is 0 Å². The van der Waals surface area contributed by atoms with Gasteiger partial charge in [0.2, 0.25) is 0 Å². The standard InChI is InChI=1S/C12H15N3/c1-8(13)10-4-5-11-6-14-12(9-2-3-9)15(11)7-10/h4-9H,2-3,13H2,1H3. The fourth-order valence-corrected chi connectivity index (χ4v) is 1.94. The smallest absolute Gasteiger partial charge is 0.116 e. The van der Waals surface area contributed by atoms with Crippen molar-refractivity contribution in [1.29, 1.82) is 0 Å². The van der Waals surface area contributed by atoms with E-state index in [0.717, 1.165) is 0 Å². The number of hydrogen-bond donors (Lipinski definition) is 1. The molecule has 2 aromatic rings. The van der Waals surface area contributed by atoms with E-state index in [1.807, 2.05) is 13.1 Å². The first kappa shape index (κ1) is 8.92. The Labute approximate surface area is 88.9 Å². The van der Waals surface area contributed by atoms with Gasteiger partial charge in [0.05, 0.1) is 11.7 Å². The van der Waals surface area contributed by atoms with Crippen molar-refractivity contribution in [3.05, 3.63) is 35.9 Å². The van der Waals surface area contributed by atoms with Gasteiger partial charge in [0.25, 0.3) is 0 Å². The van der Waals surface area contributed by atoms with Crippen LogP contribution in [0.3, 0.4) is 0 Å². The highest BCUT2D eigenvalue weighted by Crippen LogP contribution is 2.39. The van der Waals surface area contributed by atoms with Crippen molar-refractivity contribution < 1.29 is 0 Å². The van der Waals surface area contributed by atoms with E-state index in [4.69, 9.17) is 5.73 Å². The first-order valence-electron chi connectivity index (χ1n) is 5.48. The van der Waals surface area contributed by atoms with Gasteiger partial charge in [0.15, 0.2) is 0 Å². The van der Waals surface area contributed by atoms with E-state index >= 15 is 0 Å². The lowest BCUT2D eigenvalue weighted by Crippen LogP contribution is -2.06. The molecule has 2 N–H and O–H groups in total. The van der Waals surface area contributed by atoms with E-state index in [2.05, 4.69) is 27.7 Å². The van der Waals surface area contributed by atoms with E-state index in [-0.39, 0.29) is 6.04 Å². The molecule has 1 aliphatic carbocycles. The molecule has 0 amide bonds. The molecule has 1 unspecified atom stereocenters. The summed E-state index contributed by atoms with van der Waals surface area (Å²) in [5.74, 6) is 1.88. The minimum Gasteiger partial charge on any atom is -0.324 e. The molecule has 0 aliphatic heterocycles. The summed E-state index contributed by atoms with van der Waals surface area (Å²) >= 11 is 0. The summed E-state index contributed by atoms with van der Waals surface area (Å²) in [5, 5.41) is 0. The number of pyridine rings is 1. The Morgan fingerprint density at radius 2 is 2.27 bits per heavy atom. The highest BCUT2D eigenvalue weighted by molar-refractivity contribution is 5.48. The first-order valence-corrected chi connectivity index (χ1v) is 5.48. The molecule has 2 heterocycles. The molecule has 3 rings (SSSR count). The molecule has 1 saturated carbocycles. The molecule has 0 spiro atoms. The molecule has 3 nitrogen and oxygen atoms in total. The van der Waals surface area contributed by atoms with E-state index in [1.54, 1.807) is 0 Å². The number of aromatic nitrogens is 2. The van der Waals surface area contributed by atoms with E-state index in [0.29, 0.717) is 5.92 Å². The monoisotopic (exact) mass is 201 g/mol. The van der Waals surface area contributed by atoms with Crippen molar-refractivity contribution >= 4 is 5.52 Å². The minimum atomic E-state index is 0.0869. The van der Waals surface area contributed by atoms with Crippen molar-refractivity contribution in [2.45, 2.75) is 31.7 Å². The summed E-state index contributed by atoms with van der Waals surface area (Å²) in [4.78, 5) is 4.48. The van der Waals surface area contributed by atoms with Crippen LogP contribution in [0, 0.1) is 0 Å². The maximum absolute atomic E-state index is 5.88. The predicted molar refractivity (Wildman–Crippen MR) is 59.8 cm³/mol. The lowest BCUT2D eigenvalue weighted by Gasteiger charge is -2.07. The number of imidazole rings is 1. The lowest BCUT2D eigenvalue weighted by atomic mass is 10.1. The van der Waals surface area contributed by atoms with Crippen LogP contribution in [-0.2, 0) is 0 Å². The zero-order valence-electron chi connectivity index (χ0n) is 8.85. The van der Waals surface area contributed by atoms with Gasteiger partial charge < -0.3 is 10.1 Å². The van der Waals surface area contributed by atoms with Crippen LogP contribution in [-0.4, -0.2) is 9.38 Å². The number of nitrogens with zero attached hydrogens (tertiary/aromatic N) is 2. The SMILES string of the molecule is CC(N)c1ccc2cnc(C3CC3)n2c1. The van der Waals surface area contributed by atoms with Crippen LogP contribution in [0.2, 0.25) is 0 Å². The topological polar surface area (TPSA) is 43.3 Å². The van der Waals surface area contributed by atoms with Gasteiger partial charge in [-0.2, -0.15) is 0 Å². The molecular formula is C12H15N3. The Morgan fingerprint density at radius 3 is 2.93 bits per heavy atom. The number of rotatable bonds is 2. The summed E-state index contributed by atoms with van der Waals surface area (Å²) < 4.78 is 2.19. The van der Waals surface area contributed by atoms with Gasteiger partial charge in [-0.15, -0.1) is 0 Å². The zero-order valence-corrected chi connectivity index (χ0v) is 8.85. The summed E-state index contributed by atoms with van der Waals surface area (Å²) in [6.45, 7) is 2.01. The highest BCUT2D eigenvalue weighted by Gasteiger charge is 2.27. The molecule has 2 aromatic heterocycles. The Hall–Kier alpha value is -1.35. The van der Waals surface area contributed by atoms with Crippen LogP contribution in [0.5, 0.6) is 0 Å². The third-order valence-electron chi connectivity index (χ3n) is 3.05. The fourth-order valence-electron chi connectivity index (χ4n) is 1.94. The van der Waals surface area contributed by atoms with Crippen LogP contribution < -0.4 is 5.73 Å². The molecule has 1 atom stereocenters. The van der Waals surface area contributed by atoms with E-state index in [1.165, 1.54) is 29.7 Å². The highest BCUT2D eigenvalue weighted by atomic mass is 15.0. The summed E-state index contributed by atoms with van der Waals surface area (Å²) in [5.41, 5.74) is 8.22. The molecule has 0 bridgehead atoms. The predicted octanol–water partition coefficient (Wildman–Crippen LogP) is 2.23. The van der Waals surface area contributed by atoms with Crippen molar-refractivity contribution in [2.24, 2.45) is 5.73 Å². The van der Waals surface area contributed by atoms with Crippen molar-refractivity contribution in [3.8, 4) is 0 Å². The summed E-state index contributed by atoms with van der Waals surface area (Å²) in [6, 6.07) is 4.26. The van der Waals surface area contributed by atoms with Crippen LogP contribution >= 0.6 is 0 Å². The Bertz CT molecular complexity index is 495. The molecule has 78 valence electrons. The van der Waals surface area contributed by atoms with Crippen molar-refractivity contribution in [1.82, 2.24) is 9.38 Å². The first-order chi connectivity index (χ1) is 7.25. The quantitative estimate of drug-likeness (QED) is 0.809. The van der Waals surface area contributed by atoms with Crippen LogP contribution in [0.1, 0.15) is 43.1 Å². The number of fused-ring (bicyclic) bond motifs is 1. The van der Waals surface area contributed by atoms with Gasteiger partial charge in [-0.25, -0.2) is 4.98 Å². The van der Waals surface area contributed by atoms with Gasteiger partial charge in [-0.1, -0.05) is 6.07 Å². The molecule has 0 radical (unpaired) electrons. The third kappa shape index (κ3) is 1.43. The molecule has 0 saturated heterocycles. The molecule has 1 fully saturated rings. The van der Waals surface area contributed by atoms with Crippen molar-refractivity contribution in [2.75, 3.05) is 0 Å². The number of hydrogen-bond acceptors (Lipinski definition) is 2. The van der Waals surface area contributed by atoms with Crippen LogP contribution in [0.15, 0.2) is 24.5 Å². The zero-order chi connectivity index (χ0) is 10.4. The lowest BCUT2D eigenvalue weighted by molar-refractivity contribution is 0.801. The summed E-state index contributed by atoms with van der Waals surface area (Å²) in [6.07, 6.45) is 6.63. The maximum atomic E-state index is 5.88. The average molecular weight is 201 g/mol. The van der Waals surface area contributed by atoms with Gasteiger partial charge in [0, 0.05) is 18.2 Å². The van der Waals surface area contributed by atoms with Crippen molar-refractivity contribution in [3.63, 3.8) is 0 Å². The molecule has 1 aliphatic rings. The fraction of sp³-hybridized carbons (Fsp3) is 0.417. The molecular weight excluding hydrogens is 186 g/mol. The van der Waals surface area contributed by atoms with Crippen LogP contribution in [0.25, 0.3) is 5.52 Å². The molecule has 0 aromatic carbocycles. The van der Waals surface area contributed by atoms with Gasteiger partial charge >= 0.3 is 0 Å². The van der Waals surface area contributed by atoms with Gasteiger partial charge in [0.1, 0.15) is 5.82 Å². The minimum absolute atomic E-state index is 0.0869. The molecule has 15 heavy (non-hydrogen) atoms. The average Bonchev–Trinajstić information content (AvgIpc) is 2.98. The molecule has 3 heteroatoms. The Morgan fingerprint density at radius 1 is 1.47 bits per heavy atom. The van der Waals surface area contributed by atoms with Crippen LogP contribution in [0.4, 0.5) is 0 Å². The van der Waals surface area contributed by atoms with Gasteiger partial charge in [-0.05, 0) is 31.4 Å². The Balaban J connectivity index is 2.17. The van der Waals surface area contributed by atoms with E-state index in [9.17, 15) is 0 Å². The number of nitrogens with two attached hydrogens (primary N) is 1. The second kappa shape index (κ2) is 3.07. The second-order valence-corrected chi connectivity index (χ2v) is 4.44. The second-order valence-electron chi connectivity index (χ2n) is 4.44. The largest absolute Gasteiger partial charge is 0.324 e. The third-order valence-corrected chi connectivity index (χ3v) is 3.05.